The number of aromatic amines is 1. The fourth-order valence-electron chi connectivity index (χ4n) is 2.98. The van der Waals surface area contributed by atoms with Crippen LogP contribution in [0.2, 0.25) is 0 Å². The van der Waals surface area contributed by atoms with Crippen molar-refractivity contribution in [2.24, 2.45) is 0 Å². The van der Waals surface area contributed by atoms with Gasteiger partial charge in [-0.05, 0) is 41.7 Å². The number of pyridine rings is 1. The highest BCUT2D eigenvalue weighted by atomic mass is 16.1. The Morgan fingerprint density at radius 3 is 2.44 bits per heavy atom. The molecule has 4 nitrogen and oxygen atoms in total. The van der Waals surface area contributed by atoms with Crippen LogP contribution in [0.3, 0.4) is 0 Å². The van der Waals surface area contributed by atoms with E-state index in [4.69, 9.17) is 0 Å². The van der Waals surface area contributed by atoms with Gasteiger partial charge in [0, 0.05) is 22.7 Å². The zero-order valence-electron chi connectivity index (χ0n) is 14.9. The number of aryl methyl sites for hydroxylation is 1. The molecule has 0 aliphatic carbocycles. The first kappa shape index (κ1) is 17.0. The van der Waals surface area contributed by atoms with Crippen LogP contribution < -0.4 is 10.9 Å². The molecule has 0 aliphatic rings. The number of nitrogens with one attached hydrogen (secondary N) is 2. The maximum absolute atomic E-state index is 12.5. The molecule has 0 radical (unpaired) electrons. The minimum Gasteiger partial charge on any atom is -0.322 e. The number of benzene rings is 2. The number of amides is 1. The van der Waals surface area contributed by atoms with E-state index in [0.29, 0.717) is 11.3 Å². The third-order valence-corrected chi connectivity index (χ3v) is 4.30. The summed E-state index contributed by atoms with van der Waals surface area (Å²) in [5, 5.41) is 3.89. The Labute approximate surface area is 146 Å². The first-order valence-electron chi connectivity index (χ1n) is 8.30. The van der Waals surface area contributed by atoms with Gasteiger partial charge in [-0.15, -0.1) is 0 Å². The Hall–Kier alpha value is -2.88. The second-order valence-electron chi connectivity index (χ2n) is 7.33. The van der Waals surface area contributed by atoms with Gasteiger partial charge in [-0.2, -0.15) is 0 Å². The SMILES string of the molecule is Cc1ccccc1C(=O)Nc1ccc2c(C(C)(C)C)cc(=O)[nH]c2c1. The molecule has 3 aromatic rings. The largest absolute Gasteiger partial charge is 0.322 e. The van der Waals surface area contributed by atoms with Crippen molar-refractivity contribution in [3.8, 4) is 0 Å². The minimum absolute atomic E-state index is 0.139. The molecule has 1 amide bonds. The molecule has 1 aromatic heterocycles. The molecule has 2 N–H and O–H groups in total. The number of H-pyrrole nitrogens is 1. The van der Waals surface area contributed by atoms with Crippen molar-refractivity contribution in [1.29, 1.82) is 0 Å². The van der Waals surface area contributed by atoms with Crippen molar-refractivity contribution in [1.82, 2.24) is 4.98 Å². The molecule has 0 atom stereocenters. The van der Waals surface area contributed by atoms with Crippen LogP contribution in [0, 0.1) is 6.92 Å². The molecule has 128 valence electrons. The first-order valence-corrected chi connectivity index (χ1v) is 8.30. The Morgan fingerprint density at radius 1 is 1.04 bits per heavy atom. The molecule has 2 aromatic carbocycles. The van der Waals surface area contributed by atoms with Crippen LogP contribution in [0.4, 0.5) is 5.69 Å². The zero-order chi connectivity index (χ0) is 18.2. The fourth-order valence-corrected chi connectivity index (χ4v) is 2.98. The second kappa shape index (κ2) is 6.20. The molecule has 0 saturated carbocycles. The van der Waals surface area contributed by atoms with Gasteiger partial charge in [-0.25, -0.2) is 0 Å². The number of carbonyl (C=O) groups is 1. The minimum atomic E-state index is -0.160. The van der Waals surface area contributed by atoms with E-state index in [9.17, 15) is 9.59 Å². The van der Waals surface area contributed by atoms with Gasteiger partial charge in [0.2, 0.25) is 5.56 Å². The fraction of sp³-hybridized carbons (Fsp3) is 0.238. The third kappa shape index (κ3) is 3.48. The lowest BCUT2D eigenvalue weighted by Crippen LogP contribution is -2.17. The molecule has 4 heteroatoms. The topological polar surface area (TPSA) is 62.0 Å². The standard InChI is InChI=1S/C21H22N2O2/c1-13-7-5-6-8-15(13)20(25)22-14-9-10-16-17(21(2,3)4)12-19(24)23-18(16)11-14/h5-12H,1-4H3,(H,22,25)(H,23,24). The van der Waals surface area contributed by atoms with Crippen LogP contribution >= 0.6 is 0 Å². The average Bonchev–Trinajstić information content (AvgIpc) is 2.53. The summed E-state index contributed by atoms with van der Waals surface area (Å²) in [5.74, 6) is -0.160. The summed E-state index contributed by atoms with van der Waals surface area (Å²) < 4.78 is 0. The van der Waals surface area contributed by atoms with Gasteiger partial charge in [0.15, 0.2) is 0 Å². The molecule has 0 saturated heterocycles. The second-order valence-corrected chi connectivity index (χ2v) is 7.33. The van der Waals surface area contributed by atoms with Gasteiger partial charge >= 0.3 is 0 Å². The van der Waals surface area contributed by atoms with E-state index in [0.717, 1.165) is 22.0 Å². The van der Waals surface area contributed by atoms with E-state index in [1.807, 2.05) is 43.3 Å². The average molecular weight is 334 g/mol. The van der Waals surface area contributed by atoms with E-state index in [-0.39, 0.29) is 16.9 Å². The molecule has 0 aliphatic heterocycles. The van der Waals surface area contributed by atoms with Crippen molar-refractivity contribution in [3.63, 3.8) is 0 Å². The number of hydrogen-bond donors (Lipinski definition) is 2. The zero-order valence-corrected chi connectivity index (χ0v) is 14.9. The number of fused-ring (bicyclic) bond motifs is 1. The van der Waals surface area contributed by atoms with Crippen LogP contribution in [-0.4, -0.2) is 10.9 Å². The maximum atomic E-state index is 12.5. The van der Waals surface area contributed by atoms with Gasteiger partial charge in [0.25, 0.3) is 5.91 Å². The molecule has 3 rings (SSSR count). The summed E-state index contributed by atoms with van der Waals surface area (Å²) in [6.45, 7) is 8.14. The summed E-state index contributed by atoms with van der Waals surface area (Å²) in [6.07, 6.45) is 0. The summed E-state index contributed by atoms with van der Waals surface area (Å²) in [7, 11) is 0. The van der Waals surface area contributed by atoms with E-state index in [2.05, 4.69) is 31.1 Å². The van der Waals surface area contributed by atoms with Crippen molar-refractivity contribution in [2.75, 3.05) is 5.32 Å². The van der Waals surface area contributed by atoms with Gasteiger partial charge in [0.1, 0.15) is 0 Å². The van der Waals surface area contributed by atoms with Crippen molar-refractivity contribution in [3.05, 3.63) is 75.6 Å². The number of aromatic nitrogens is 1. The number of anilines is 1. The highest BCUT2D eigenvalue weighted by Gasteiger charge is 2.18. The monoisotopic (exact) mass is 334 g/mol. The van der Waals surface area contributed by atoms with E-state index in [1.165, 1.54) is 0 Å². The Kier molecular flexibility index (Phi) is 4.21. The quantitative estimate of drug-likeness (QED) is 0.730. The number of rotatable bonds is 2. The van der Waals surface area contributed by atoms with Crippen LogP contribution in [0.15, 0.2) is 53.3 Å². The maximum Gasteiger partial charge on any atom is 0.255 e. The van der Waals surface area contributed by atoms with Crippen molar-refractivity contribution in [2.45, 2.75) is 33.1 Å². The lowest BCUT2D eigenvalue weighted by molar-refractivity contribution is 0.102. The predicted molar refractivity (Wildman–Crippen MR) is 102 cm³/mol. The van der Waals surface area contributed by atoms with Crippen LogP contribution in [0.5, 0.6) is 0 Å². The van der Waals surface area contributed by atoms with Gasteiger partial charge in [0.05, 0.1) is 5.52 Å². The molecule has 0 bridgehead atoms. The molecule has 0 unspecified atom stereocenters. The Morgan fingerprint density at radius 2 is 1.76 bits per heavy atom. The van der Waals surface area contributed by atoms with Gasteiger partial charge < -0.3 is 10.3 Å². The number of carbonyl (C=O) groups excluding carboxylic acids is 1. The van der Waals surface area contributed by atoms with Crippen LogP contribution in [0.25, 0.3) is 10.9 Å². The van der Waals surface area contributed by atoms with E-state index < -0.39 is 0 Å². The lowest BCUT2D eigenvalue weighted by atomic mass is 9.85. The molecule has 1 heterocycles. The molecular weight excluding hydrogens is 312 g/mol. The Bertz CT molecular complexity index is 1010. The number of hydrogen-bond acceptors (Lipinski definition) is 2. The van der Waals surface area contributed by atoms with Crippen LogP contribution in [0.1, 0.15) is 42.3 Å². The predicted octanol–water partition coefficient (Wildman–Crippen LogP) is 4.39. The summed E-state index contributed by atoms with van der Waals surface area (Å²) >= 11 is 0. The summed E-state index contributed by atoms with van der Waals surface area (Å²) in [5.41, 5.74) is 3.65. The normalized spacial score (nSPS) is 11.5. The summed E-state index contributed by atoms with van der Waals surface area (Å²) in [6, 6.07) is 14.7. The van der Waals surface area contributed by atoms with Crippen molar-refractivity contribution >= 4 is 22.5 Å². The third-order valence-electron chi connectivity index (χ3n) is 4.30. The lowest BCUT2D eigenvalue weighted by Gasteiger charge is -2.21. The van der Waals surface area contributed by atoms with Gasteiger partial charge in [-0.3, -0.25) is 9.59 Å². The molecule has 0 spiro atoms. The highest BCUT2D eigenvalue weighted by Crippen LogP contribution is 2.29. The molecule has 0 fully saturated rings. The Balaban J connectivity index is 2.01. The smallest absolute Gasteiger partial charge is 0.255 e. The van der Waals surface area contributed by atoms with Gasteiger partial charge in [-0.1, -0.05) is 45.0 Å². The summed E-state index contributed by atoms with van der Waals surface area (Å²) in [4.78, 5) is 27.3. The van der Waals surface area contributed by atoms with E-state index in [1.54, 1.807) is 12.1 Å². The molecular formula is C21H22N2O2. The van der Waals surface area contributed by atoms with Crippen LogP contribution in [-0.2, 0) is 5.41 Å². The first-order chi connectivity index (χ1) is 11.8. The molecule has 25 heavy (non-hydrogen) atoms. The van der Waals surface area contributed by atoms with Crippen molar-refractivity contribution < 1.29 is 4.79 Å². The highest BCUT2D eigenvalue weighted by molar-refractivity contribution is 6.06. The van der Waals surface area contributed by atoms with E-state index >= 15 is 0 Å².